The molecule has 1 aliphatic heterocycles. The van der Waals surface area contributed by atoms with Crippen LogP contribution in [-0.2, 0) is 11.2 Å². The lowest BCUT2D eigenvalue weighted by molar-refractivity contribution is -0.134. The number of fused-ring (bicyclic) bond motifs is 1. The zero-order chi connectivity index (χ0) is 14.7. The van der Waals surface area contributed by atoms with Crippen molar-refractivity contribution in [3.8, 4) is 0 Å². The van der Waals surface area contributed by atoms with Gasteiger partial charge in [-0.2, -0.15) is 0 Å². The maximum atomic E-state index is 12.9. The summed E-state index contributed by atoms with van der Waals surface area (Å²) in [6.45, 7) is 3.02. The summed E-state index contributed by atoms with van der Waals surface area (Å²) in [6, 6.07) is 2.18. The van der Waals surface area contributed by atoms with Crippen molar-refractivity contribution >= 4 is 17.2 Å². The van der Waals surface area contributed by atoms with Crippen molar-refractivity contribution in [3.05, 3.63) is 21.9 Å². The molecule has 1 fully saturated rings. The summed E-state index contributed by atoms with van der Waals surface area (Å²) in [4.78, 5) is 16.4. The number of carbonyl (C=O) groups is 1. The van der Waals surface area contributed by atoms with Gasteiger partial charge in [-0.25, -0.2) is 0 Å². The van der Waals surface area contributed by atoms with Crippen LogP contribution in [0.3, 0.4) is 0 Å². The van der Waals surface area contributed by atoms with Crippen LogP contribution in [0.5, 0.6) is 0 Å². The van der Waals surface area contributed by atoms with Gasteiger partial charge in [0.15, 0.2) is 0 Å². The Labute approximate surface area is 131 Å². The van der Waals surface area contributed by atoms with Crippen LogP contribution in [0.2, 0.25) is 0 Å². The lowest BCUT2D eigenvalue weighted by atomic mass is 9.85. The van der Waals surface area contributed by atoms with Gasteiger partial charge in [0.1, 0.15) is 0 Å². The number of hydrogen-bond acceptors (Lipinski definition) is 3. The Hall–Kier alpha value is -0.870. The van der Waals surface area contributed by atoms with Crippen LogP contribution in [0, 0.1) is 5.92 Å². The van der Waals surface area contributed by atoms with Crippen LogP contribution >= 0.6 is 11.3 Å². The highest BCUT2D eigenvalue weighted by atomic mass is 32.1. The standard InChI is InChI=1S/C17H26N2OS/c1-18-9-5-13-6-10-19(11-7-13)17(20)15-3-2-4-16-14(15)8-12-21-16/h8,12-13,15,18H,2-7,9-11H2,1H3. The van der Waals surface area contributed by atoms with E-state index in [9.17, 15) is 4.79 Å². The van der Waals surface area contributed by atoms with Gasteiger partial charge < -0.3 is 10.2 Å². The normalized spacial score (nSPS) is 23.1. The summed E-state index contributed by atoms with van der Waals surface area (Å²) in [5, 5.41) is 5.38. The number of hydrogen-bond donors (Lipinski definition) is 1. The van der Waals surface area contributed by atoms with Crippen molar-refractivity contribution in [2.24, 2.45) is 5.92 Å². The van der Waals surface area contributed by atoms with Crippen molar-refractivity contribution in [3.63, 3.8) is 0 Å². The molecule has 1 unspecified atom stereocenters. The fourth-order valence-electron chi connectivity index (χ4n) is 3.75. The molecule has 3 rings (SSSR count). The molecule has 4 heteroatoms. The van der Waals surface area contributed by atoms with E-state index in [1.165, 1.54) is 42.5 Å². The Balaban J connectivity index is 1.58. The molecule has 1 aromatic rings. The SMILES string of the molecule is CNCCC1CCN(C(=O)C2CCCc3sccc32)CC1. The summed E-state index contributed by atoms with van der Waals surface area (Å²) in [5.41, 5.74) is 1.33. The van der Waals surface area contributed by atoms with Crippen molar-refractivity contribution in [1.82, 2.24) is 10.2 Å². The van der Waals surface area contributed by atoms with Crippen LogP contribution in [0.4, 0.5) is 0 Å². The molecule has 1 N–H and O–H groups in total. The third-order valence-corrected chi connectivity index (χ3v) is 6.08. The number of likely N-dealkylation sites (tertiary alicyclic amines) is 1. The van der Waals surface area contributed by atoms with Crippen molar-refractivity contribution in [2.45, 2.75) is 44.4 Å². The number of carbonyl (C=O) groups excluding carboxylic acids is 1. The first-order valence-electron chi connectivity index (χ1n) is 8.29. The van der Waals surface area contributed by atoms with Gasteiger partial charge >= 0.3 is 0 Å². The fourth-order valence-corrected chi connectivity index (χ4v) is 4.74. The smallest absolute Gasteiger partial charge is 0.230 e. The van der Waals surface area contributed by atoms with Crippen molar-refractivity contribution in [1.29, 1.82) is 0 Å². The number of rotatable bonds is 4. The molecule has 1 atom stereocenters. The Morgan fingerprint density at radius 3 is 2.95 bits per heavy atom. The van der Waals surface area contributed by atoms with Gasteiger partial charge in [-0.3, -0.25) is 4.79 Å². The minimum Gasteiger partial charge on any atom is -0.342 e. The molecule has 116 valence electrons. The highest BCUT2D eigenvalue weighted by Gasteiger charge is 2.32. The van der Waals surface area contributed by atoms with E-state index in [1.807, 2.05) is 18.4 Å². The zero-order valence-electron chi connectivity index (χ0n) is 12.9. The van der Waals surface area contributed by atoms with E-state index in [2.05, 4.69) is 21.7 Å². The summed E-state index contributed by atoms with van der Waals surface area (Å²) in [5.74, 6) is 1.33. The highest BCUT2D eigenvalue weighted by molar-refractivity contribution is 7.10. The summed E-state index contributed by atoms with van der Waals surface area (Å²) in [6.07, 6.45) is 6.98. The zero-order valence-corrected chi connectivity index (χ0v) is 13.8. The average molecular weight is 306 g/mol. The monoisotopic (exact) mass is 306 g/mol. The largest absolute Gasteiger partial charge is 0.342 e. The second-order valence-corrected chi connectivity index (χ2v) is 7.41. The van der Waals surface area contributed by atoms with Gasteiger partial charge in [-0.05, 0) is 75.0 Å². The molecule has 1 aliphatic carbocycles. The molecule has 1 aromatic heterocycles. The van der Waals surface area contributed by atoms with Crippen LogP contribution in [0.1, 0.15) is 48.5 Å². The number of nitrogens with zero attached hydrogens (tertiary/aromatic N) is 1. The number of piperidine rings is 1. The molecule has 1 saturated heterocycles. The Bertz CT molecular complexity index is 477. The Morgan fingerprint density at radius 2 is 2.19 bits per heavy atom. The maximum absolute atomic E-state index is 12.9. The van der Waals surface area contributed by atoms with Gasteiger partial charge in [0.05, 0.1) is 5.92 Å². The van der Waals surface area contributed by atoms with Crippen molar-refractivity contribution in [2.75, 3.05) is 26.7 Å². The van der Waals surface area contributed by atoms with E-state index >= 15 is 0 Å². The second kappa shape index (κ2) is 6.93. The predicted octanol–water partition coefficient (Wildman–Crippen LogP) is 3.02. The maximum Gasteiger partial charge on any atom is 0.230 e. The lowest BCUT2D eigenvalue weighted by Crippen LogP contribution is -2.42. The third kappa shape index (κ3) is 3.32. The first kappa shape index (κ1) is 15.0. The van der Waals surface area contributed by atoms with E-state index in [-0.39, 0.29) is 5.92 Å². The Morgan fingerprint density at radius 1 is 1.38 bits per heavy atom. The molecule has 2 aliphatic rings. The molecule has 0 bridgehead atoms. The Kier molecular flexibility index (Phi) is 4.96. The molecule has 21 heavy (non-hydrogen) atoms. The summed E-state index contributed by atoms with van der Waals surface area (Å²) < 4.78 is 0. The van der Waals surface area contributed by atoms with Crippen LogP contribution in [0.15, 0.2) is 11.4 Å². The van der Waals surface area contributed by atoms with Crippen LogP contribution < -0.4 is 5.32 Å². The van der Waals surface area contributed by atoms with Crippen LogP contribution in [0.25, 0.3) is 0 Å². The first-order valence-corrected chi connectivity index (χ1v) is 9.17. The van der Waals surface area contributed by atoms with Crippen molar-refractivity contribution < 1.29 is 4.79 Å². The topological polar surface area (TPSA) is 32.3 Å². The van der Waals surface area contributed by atoms with E-state index in [0.717, 1.165) is 32.0 Å². The van der Waals surface area contributed by atoms with Gasteiger partial charge in [0, 0.05) is 18.0 Å². The molecule has 2 heterocycles. The number of thiophene rings is 1. The number of nitrogens with one attached hydrogen (secondary N) is 1. The summed E-state index contributed by atoms with van der Waals surface area (Å²) >= 11 is 1.82. The molecule has 3 nitrogen and oxygen atoms in total. The minimum absolute atomic E-state index is 0.147. The molecule has 0 saturated carbocycles. The van der Waals surface area contributed by atoms with Crippen LogP contribution in [-0.4, -0.2) is 37.5 Å². The van der Waals surface area contributed by atoms with E-state index in [0.29, 0.717) is 5.91 Å². The molecular weight excluding hydrogens is 280 g/mol. The quantitative estimate of drug-likeness (QED) is 0.927. The lowest BCUT2D eigenvalue weighted by Gasteiger charge is -2.35. The molecule has 0 radical (unpaired) electrons. The fraction of sp³-hybridized carbons (Fsp3) is 0.706. The molecule has 0 aromatic carbocycles. The molecule has 0 spiro atoms. The average Bonchev–Trinajstić information content (AvgIpc) is 3.01. The summed E-state index contributed by atoms with van der Waals surface area (Å²) in [7, 11) is 2.01. The van der Waals surface area contributed by atoms with Gasteiger partial charge in [0.2, 0.25) is 5.91 Å². The molecule has 1 amide bonds. The number of amides is 1. The van der Waals surface area contributed by atoms with Gasteiger partial charge in [0.25, 0.3) is 0 Å². The van der Waals surface area contributed by atoms with E-state index in [4.69, 9.17) is 0 Å². The van der Waals surface area contributed by atoms with E-state index in [1.54, 1.807) is 0 Å². The predicted molar refractivity (Wildman–Crippen MR) is 87.8 cm³/mol. The second-order valence-electron chi connectivity index (χ2n) is 6.40. The highest BCUT2D eigenvalue weighted by Crippen LogP contribution is 2.36. The molecular formula is C17H26N2OS. The van der Waals surface area contributed by atoms with E-state index < -0.39 is 0 Å². The van der Waals surface area contributed by atoms with Gasteiger partial charge in [-0.15, -0.1) is 11.3 Å². The first-order chi connectivity index (χ1) is 10.3. The van der Waals surface area contributed by atoms with Gasteiger partial charge in [-0.1, -0.05) is 0 Å². The number of aryl methyl sites for hydroxylation is 1. The minimum atomic E-state index is 0.147. The third-order valence-electron chi connectivity index (χ3n) is 5.08.